The molecule has 0 saturated carbocycles. The minimum absolute atomic E-state index is 0.115. The van der Waals surface area contributed by atoms with Gasteiger partial charge in [0, 0.05) is 13.7 Å². The molecule has 0 aromatic carbocycles. The summed E-state index contributed by atoms with van der Waals surface area (Å²) in [7, 11) is 1.61. The van der Waals surface area contributed by atoms with Gasteiger partial charge in [0.25, 0.3) is 5.56 Å². The predicted octanol–water partition coefficient (Wildman–Crippen LogP) is 0.0564. The van der Waals surface area contributed by atoms with E-state index < -0.39 is 0 Å². The molecule has 16 heavy (non-hydrogen) atoms. The molecular formula is C9H14BrN3O3. The number of rotatable bonds is 6. The molecule has 2 N–H and O–H groups in total. The summed E-state index contributed by atoms with van der Waals surface area (Å²) in [5.41, 5.74) is 0.354. The number of ether oxygens (including phenoxy) is 1. The zero-order valence-electron chi connectivity index (χ0n) is 8.94. The number of nitrogens with zero attached hydrogens (tertiary/aromatic N) is 2. The van der Waals surface area contributed by atoms with E-state index in [4.69, 9.17) is 9.84 Å². The normalized spacial score (nSPS) is 10.4. The molecule has 0 aliphatic carbocycles. The van der Waals surface area contributed by atoms with E-state index >= 15 is 0 Å². The number of aliphatic hydroxyl groups excluding tert-OH is 1. The second-order valence-corrected chi connectivity index (χ2v) is 3.84. The standard InChI is InChI=1S/C9H14BrN3O3/c1-16-5-2-11-7-6-12-13(3-4-14)9(15)8(7)10/h6,11,14H,2-5H2,1H3. The van der Waals surface area contributed by atoms with Gasteiger partial charge in [-0.3, -0.25) is 4.79 Å². The average molecular weight is 292 g/mol. The van der Waals surface area contributed by atoms with Gasteiger partial charge in [0.1, 0.15) is 4.47 Å². The van der Waals surface area contributed by atoms with Crippen LogP contribution in [0, 0.1) is 0 Å². The van der Waals surface area contributed by atoms with E-state index in [2.05, 4.69) is 26.3 Å². The molecular weight excluding hydrogens is 278 g/mol. The number of nitrogens with one attached hydrogen (secondary N) is 1. The van der Waals surface area contributed by atoms with E-state index in [1.165, 1.54) is 10.9 Å². The molecule has 7 heteroatoms. The Balaban J connectivity index is 2.81. The van der Waals surface area contributed by atoms with E-state index in [9.17, 15) is 4.79 Å². The second-order valence-electron chi connectivity index (χ2n) is 3.04. The van der Waals surface area contributed by atoms with E-state index in [-0.39, 0.29) is 18.7 Å². The number of aliphatic hydroxyl groups is 1. The van der Waals surface area contributed by atoms with Crippen molar-refractivity contribution in [1.82, 2.24) is 9.78 Å². The molecule has 1 heterocycles. The van der Waals surface area contributed by atoms with Gasteiger partial charge in [0.15, 0.2) is 0 Å². The second kappa shape index (κ2) is 6.62. The molecule has 0 fully saturated rings. The first-order chi connectivity index (χ1) is 7.70. The third kappa shape index (κ3) is 3.29. The highest BCUT2D eigenvalue weighted by Crippen LogP contribution is 2.15. The smallest absolute Gasteiger partial charge is 0.283 e. The predicted molar refractivity (Wildman–Crippen MR) is 63.6 cm³/mol. The number of anilines is 1. The largest absolute Gasteiger partial charge is 0.394 e. The fraction of sp³-hybridized carbons (Fsp3) is 0.556. The summed E-state index contributed by atoms with van der Waals surface area (Å²) in [6.07, 6.45) is 1.54. The maximum atomic E-state index is 11.7. The maximum absolute atomic E-state index is 11.7. The van der Waals surface area contributed by atoms with Crippen LogP contribution < -0.4 is 10.9 Å². The van der Waals surface area contributed by atoms with Crippen LogP contribution in [-0.4, -0.2) is 41.8 Å². The van der Waals surface area contributed by atoms with Crippen molar-refractivity contribution in [3.63, 3.8) is 0 Å². The van der Waals surface area contributed by atoms with Crippen LogP contribution in [0.3, 0.4) is 0 Å². The van der Waals surface area contributed by atoms with Crippen LogP contribution in [0.5, 0.6) is 0 Å². The Bertz CT molecular complexity index is 394. The van der Waals surface area contributed by atoms with E-state index in [1.54, 1.807) is 7.11 Å². The van der Waals surface area contributed by atoms with Crippen molar-refractivity contribution in [2.24, 2.45) is 0 Å². The van der Waals surface area contributed by atoms with Gasteiger partial charge in [-0.1, -0.05) is 0 Å². The van der Waals surface area contributed by atoms with Gasteiger partial charge in [0.05, 0.1) is 31.6 Å². The summed E-state index contributed by atoms with van der Waals surface area (Å²) in [6.45, 7) is 1.22. The monoisotopic (exact) mass is 291 g/mol. The Morgan fingerprint density at radius 2 is 2.44 bits per heavy atom. The van der Waals surface area contributed by atoms with Gasteiger partial charge in [0.2, 0.25) is 0 Å². The number of halogens is 1. The lowest BCUT2D eigenvalue weighted by Crippen LogP contribution is -2.26. The Hall–Kier alpha value is -0.920. The first-order valence-electron chi connectivity index (χ1n) is 4.80. The van der Waals surface area contributed by atoms with Crippen molar-refractivity contribution in [2.45, 2.75) is 6.54 Å². The minimum atomic E-state index is -0.267. The summed E-state index contributed by atoms with van der Waals surface area (Å²) < 4.78 is 6.49. The first-order valence-corrected chi connectivity index (χ1v) is 5.59. The van der Waals surface area contributed by atoms with Crippen LogP contribution in [-0.2, 0) is 11.3 Å². The van der Waals surface area contributed by atoms with Crippen molar-refractivity contribution in [3.8, 4) is 0 Å². The Labute approximate surface area is 101 Å². The lowest BCUT2D eigenvalue weighted by Gasteiger charge is -2.09. The third-order valence-electron chi connectivity index (χ3n) is 1.92. The highest BCUT2D eigenvalue weighted by Gasteiger charge is 2.07. The summed E-state index contributed by atoms with van der Waals surface area (Å²) >= 11 is 3.19. The highest BCUT2D eigenvalue weighted by atomic mass is 79.9. The number of methoxy groups -OCH3 is 1. The summed E-state index contributed by atoms with van der Waals surface area (Å²) in [4.78, 5) is 11.7. The highest BCUT2D eigenvalue weighted by molar-refractivity contribution is 9.10. The van der Waals surface area contributed by atoms with Crippen molar-refractivity contribution in [3.05, 3.63) is 21.0 Å². The average Bonchev–Trinajstić information content (AvgIpc) is 2.28. The van der Waals surface area contributed by atoms with Crippen LogP contribution in [0.15, 0.2) is 15.5 Å². The molecule has 0 aliphatic heterocycles. The SMILES string of the molecule is COCCNc1cnn(CCO)c(=O)c1Br. The number of hydrogen-bond acceptors (Lipinski definition) is 5. The van der Waals surface area contributed by atoms with Crippen molar-refractivity contribution in [1.29, 1.82) is 0 Å². The zero-order valence-corrected chi connectivity index (χ0v) is 10.5. The molecule has 0 spiro atoms. The topological polar surface area (TPSA) is 76.4 Å². The van der Waals surface area contributed by atoms with Crippen LogP contribution in [0.4, 0.5) is 5.69 Å². The van der Waals surface area contributed by atoms with Crippen molar-refractivity contribution >= 4 is 21.6 Å². The van der Waals surface area contributed by atoms with Crippen LogP contribution in [0.2, 0.25) is 0 Å². The van der Waals surface area contributed by atoms with E-state index in [1.807, 2.05) is 0 Å². The van der Waals surface area contributed by atoms with Crippen LogP contribution in [0.1, 0.15) is 0 Å². The summed E-state index contributed by atoms with van der Waals surface area (Å²) in [6, 6.07) is 0. The molecule has 0 radical (unpaired) electrons. The van der Waals surface area contributed by atoms with Gasteiger partial charge >= 0.3 is 0 Å². The lowest BCUT2D eigenvalue weighted by molar-refractivity contribution is 0.210. The molecule has 0 atom stereocenters. The Morgan fingerprint density at radius 3 is 3.06 bits per heavy atom. The van der Waals surface area contributed by atoms with E-state index in [0.29, 0.717) is 23.3 Å². The Kier molecular flexibility index (Phi) is 5.44. The lowest BCUT2D eigenvalue weighted by atomic mass is 10.4. The fourth-order valence-corrected chi connectivity index (χ4v) is 1.58. The molecule has 1 aromatic rings. The third-order valence-corrected chi connectivity index (χ3v) is 2.68. The molecule has 0 bridgehead atoms. The fourth-order valence-electron chi connectivity index (χ4n) is 1.13. The zero-order chi connectivity index (χ0) is 12.0. The van der Waals surface area contributed by atoms with Crippen LogP contribution in [0.25, 0.3) is 0 Å². The number of aromatic nitrogens is 2. The molecule has 6 nitrogen and oxygen atoms in total. The molecule has 90 valence electrons. The minimum Gasteiger partial charge on any atom is -0.394 e. The quantitative estimate of drug-likeness (QED) is 0.725. The maximum Gasteiger partial charge on any atom is 0.283 e. The van der Waals surface area contributed by atoms with Gasteiger partial charge in [-0.25, -0.2) is 4.68 Å². The summed E-state index contributed by atoms with van der Waals surface area (Å²) in [5, 5.41) is 15.7. The molecule has 0 unspecified atom stereocenters. The molecule has 1 aromatic heterocycles. The number of hydrogen-bond donors (Lipinski definition) is 2. The van der Waals surface area contributed by atoms with Crippen molar-refractivity contribution < 1.29 is 9.84 Å². The Morgan fingerprint density at radius 1 is 1.69 bits per heavy atom. The van der Waals surface area contributed by atoms with Crippen molar-refractivity contribution in [2.75, 3.05) is 32.2 Å². The summed E-state index contributed by atoms with van der Waals surface area (Å²) in [5.74, 6) is 0. The van der Waals surface area contributed by atoms with Gasteiger partial charge in [-0.05, 0) is 15.9 Å². The van der Waals surface area contributed by atoms with Gasteiger partial charge < -0.3 is 15.2 Å². The van der Waals surface area contributed by atoms with E-state index in [0.717, 1.165) is 0 Å². The first kappa shape index (κ1) is 13.1. The van der Waals surface area contributed by atoms with Gasteiger partial charge in [-0.2, -0.15) is 5.10 Å². The molecule has 1 rings (SSSR count). The molecule has 0 amide bonds. The molecule has 0 saturated heterocycles. The molecule has 0 aliphatic rings. The van der Waals surface area contributed by atoms with Gasteiger partial charge in [-0.15, -0.1) is 0 Å². The van der Waals surface area contributed by atoms with Crippen LogP contribution >= 0.6 is 15.9 Å².